The van der Waals surface area contributed by atoms with Crippen molar-refractivity contribution in [2.75, 3.05) is 0 Å². The molecule has 0 N–H and O–H groups in total. The SMILES string of the molecule is C=C/C=C\N=C(\C)C(=C)OC1CCC(F)(F)CC1. The van der Waals surface area contributed by atoms with E-state index in [0.717, 1.165) is 0 Å². The summed E-state index contributed by atoms with van der Waals surface area (Å²) in [5.74, 6) is -2.09. The van der Waals surface area contributed by atoms with Crippen molar-refractivity contribution < 1.29 is 13.5 Å². The minimum Gasteiger partial charge on any atom is -0.489 e. The van der Waals surface area contributed by atoms with Crippen molar-refractivity contribution in [3.63, 3.8) is 0 Å². The third kappa shape index (κ3) is 4.82. The summed E-state index contributed by atoms with van der Waals surface area (Å²) >= 11 is 0. The number of hydrogen-bond acceptors (Lipinski definition) is 2. The Morgan fingerprint density at radius 2 is 2.00 bits per heavy atom. The molecule has 1 aliphatic carbocycles. The molecule has 0 radical (unpaired) electrons. The van der Waals surface area contributed by atoms with E-state index in [2.05, 4.69) is 18.2 Å². The molecule has 0 atom stereocenters. The number of allylic oxidation sites excluding steroid dienone is 3. The van der Waals surface area contributed by atoms with Crippen LogP contribution in [0.25, 0.3) is 0 Å². The van der Waals surface area contributed by atoms with Crippen LogP contribution in [0.2, 0.25) is 0 Å². The monoisotopic (exact) mass is 255 g/mol. The van der Waals surface area contributed by atoms with Crippen LogP contribution in [-0.4, -0.2) is 17.7 Å². The first kappa shape index (κ1) is 14.6. The van der Waals surface area contributed by atoms with Crippen molar-refractivity contribution in [1.82, 2.24) is 0 Å². The van der Waals surface area contributed by atoms with Gasteiger partial charge in [0.15, 0.2) is 0 Å². The Bertz CT molecular complexity index is 362. The van der Waals surface area contributed by atoms with Gasteiger partial charge in [0, 0.05) is 19.0 Å². The maximum Gasteiger partial charge on any atom is 0.248 e. The van der Waals surface area contributed by atoms with Gasteiger partial charge in [0.05, 0.1) is 11.8 Å². The molecule has 1 rings (SSSR count). The Labute approximate surface area is 107 Å². The summed E-state index contributed by atoms with van der Waals surface area (Å²) < 4.78 is 31.5. The zero-order chi connectivity index (χ0) is 13.6. The van der Waals surface area contributed by atoms with Gasteiger partial charge in [-0.2, -0.15) is 0 Å². The number of nitrogens with zero attached hydrogens (tertiary/aromatic N) is 1. The van der Waals surface area contributed by atoms with Gasteiger partial charge in [-0.1, -0.05) is 19.2 Å². The van der Waals surface area contributed by atoms with Gasteiger partial charge >= 0.3 is 0 Å². The average Bonchev–Trinajstić information content (AvgIpc) is 2.32. The fourth-order valence-electron chi connectivity index (χ4n) is 1.71. The predicted molar refractivity (Wildman–Crippen MR) is 69.9 cm³/mol. The summed E-state index contributed by atoms with van der Waals surface area (Å²) in [5, 5.41) is 0. The predicted octanol–water partition coefficient (Wildman–Crippen LogP) is 4.26. The van der Waals surface area contributed by atoms with Crippen LogP contribution >= 0.6 is 0 Å². The lowest BCUT2D eigenvalue weighted by molar-refractivity contribution is -0.0670. The number of aliphatic imine (C=N–C) groups is 1. The largest absolute Gasteiger partial charge is 0.489 e. The highest BCUT2D eigenvalue weighted by molar-refractivity contribution is 5.96. The molecule has 0 aliphatic heterocycles. The second kappa shape index (κ2) is 6.47. The van der Waals surface area contributed by atoms with Crippen LogP contribution in [0.1, 0.15) is 32.6 Å². The van der Waals surface area contributed by atoms with E-state index in [4.69, 9.17) is 4.74 Å². The second-order valence-electron chi connectivity index (χ2n) is 4.39. The molecule has 0 aromatic rings. The number of ether oxygens (including phenoxy) is 1. The summed E-state index contributed by atoms with van der Waals surface area (Å²) in [7, 11) is 0. The van der Waals surface area contributed by atoms with E-state index in [-0.39, 0.29) is 18.9 Å². The molecule has 0 amide bonds. The highest BCUT2D eigenvalue weighted by atomic mass is 19.3. The normalized spacial score (nSPS) is 20.9. The van der Waals surface area contributed by atoms with Crippen LogP contribution in [0.15, 0.2) is 42.3 Å². The first-order valence-electron chi connectivity index (χ1n) is 6.00. The fourth-order valence-corrected chi connectivity index (χ4v) is 1.71. The number of hydrogen-bond donors (Lipinski definition) is 0. The Kier molecular flexibility index (Phi) is 5.25. The summed E-state index contributed by atoms with van der Waals surface area (Å²) in [6.45, 7) is 9.06. The molecule has 0 heterocycles. The van der Waals surface area contributed by atoms with Gasteiger partial charge in [-0.3, -0.25) is 4.99 Å². The molecule has 0 bridgehead atoms. The maximum atomic E-state index is 13.0. The Balaban J connectivity index is 2.43. The molecular formula is C14H19F2NO. The lowest BCUT2D eigenvalue weighted by Crippen LogP contribution is -2.29. The van der Waals surface area contributed by atoms with Crippen molar-refractivity contribution in [2.24, 2.45) is 4.99 Å². The molecule has 0 aromatic heterocycles. The van der Waals surface area contributed by atoms with Crippen molar-refractivity contribution >= 4 is 5.71 Å². The quantitative estimate of drug-likeness (QED) is 0.409. The average molecular weight is 255 g/mol. The number of alkyl halides is 2. The number of rotatable bonds is 5. The zero-order valence-corrected chi connectivity index (χ0v) is 10.7. The molecule has 1 fully saturated rings. The van der Waals surface area contributed by atoms with Crippen molar-refractivity contribution in [3.8, 4) is 0 Å². The zero-order valence-electron chi connectivity index (χ0n) is 10.7. The van der Waals surface area contributed by atoms with Crippen LogP contribution in [-0.2, 0) is 4.74 Å². The third-order valence-corrected chi connectivity index (χ3v) is 2.87. The third-order valence-electron chi connectivity index (χ3n) is 2.87. The maximum absolute atomic E-state index is 13.0. The van der Waals surface area contributed by atoms with Crippen LogP contribution in [0, 0.1) is 0 Å². The highest BCUT2D eigenvalue weighted by Gasteiger charge is 2.35. The van der Waals surface area contributed by atoms with Crippen molar-refractivity contribution in [1.29, 1.82) is 0 Å². The minimum atomic E-state index is -2.53. The second-order valence-corrected chi connectivity index (χ2v) is 4.39. The number of halogens is 2. The van der Waals surface area contributed by atoms with E-state index in [1.807, 2.05) is 0 Å². The summed E-state index contributed by atoms with van der Waals surface area (Å²) in [4.78, 5) is 4.10. The van der Waals surface area contributed by atoms with Crippen LogP contribution < -0.4 is 0 Å². The minimum absolute atomic E-state index is 0.114. The van der Waals surface area contributed by atoms with Gasteiger partial charge in [0.25, 0.3) is 0 Å². The van der Waals surface area contributed by atoms with E-state index < -0.39 is 5.92 Å². The first-order valence-corrected chi connectivity index (χ1v) is 6.00. The molecule has 1 aliphatic rings. The Morgan fingerprint density at radius 1 is 1.39 bits per heavy atom. The molecule has 0 unspecified atom stereocenters. The summed E-state index contributed by atoms with van der Waals surface area (Å²) in [6, 6.07) is 0. The molecule has 2 nitrogen and oxygen atoms in total. The summed E-state index contributed by atoms with van der Waals surface area (Å²) in [6.07, 6.45) is 5.22. The van der Waals surface area contributed by atoms with Crippen molar-refractivity contribution in [3.05, 3.63) is 37.3 Å². The lowest BCUT2D eigenvalue weighted by Gasteiger charge is -2.29. The Morgan fingerprint density at radius 3 is 2.56 bits per heavy atom. The topological polar surface area (TPSA) is 21.6 Å². The van der Waals surface area contributed by atoms with Gasteiger partial charge in [-0.05, 0) is 25.8 Å². The molecule has 18 heavy (non-hydrogen) atoms. The van der Waals surface area contributed by atoms with Crippen LogP contribution in [0.5, 0.6) is 0 Å². The van der Waals surface area contributed by atoms with E-state index in [1.165, 1.54) is 0 Å². The van der Waals surface area contributed by atoms with Gasteiger partial charge in [0.1, 0.15) is 5.76 Å². The molecule has 100 valence electrons. The lowest BCUT2D eigenvalue weighted by atomic mass is 9.94. The molecule has 4 heteroatoms. The van der Waals surface area contributed by atoms with Crippen LogP contribution in [0.4, 0.5) is 8.78 Å². The van der Waals surface area contributed by atoms with Gasteiger partial charge in [-0.25, -0.2) is 8.78 Å². The van der Waals surface area contributed by atoms with E-state index in [9.17, 15) is 8.78 Å². The molecule has 0 aromatic carbocycles. The fraction of sp³-hybridized carbons (Fsp3) is 0.500. The molecular weight excluding hydrogens is 236 g/mol. The van der Waals surface area contributed by atoms with E-state index in [1.54, 1.807) is 25.3 Å². The summed E-state index contributed by atoms with van der Waals surface area (Å²) in [5.41, 5.74) is 0.644. The molecule has 0 spiro atoms. The van der Waals surface area contributed by atoms with Crippen molar-refractivity contribution in [2.45, 2.75) is 44.6 Å². The van der Waals surface area contributed by atoms with Gasteiger partial charge in [0.2, 0.25) is 5.92 Å². The highest BCUT2D eigenvalue weighted by Crippen LogP contribution is 2.34. The molecule has 1 saturated carbocycles. The van der Waals surface area contributed by atoms with Crippen LogP contribution in [0.3, 0.4) is 0 Å². The van der Waals surface area contributed by atoms with Gasteiger partial charge < -0.3 is 4.74 Å². The molecule has 0 saturated heterocycles. The van der Waals surface area contributed by atoms with E-state index in [0.29, 0.717) is 24.3 Å². The first-order chi connectivity index (χ1) is 8.44. The van der Waals surface area contributed by atoms with E-state index >= 15 is 0 Å². The standard InChI is InChI=1S/C14H19F2NO/c1-4-5-10-17-11(2)12(3)18-13-6-8-14(15,16)9-7-13/h4-5,10,13H,1,3,6-9H2,2H3/b10-5-,17-11-. The smallest absolute Gasteiger partial charge is 0.248 e. The Hall–Kier alpha value is -1.45. The van der Waals surface area contributed by atoms with Gasteiger partial charge in [-0.15, -0.1) is 0 Å².